The van der Waals surface area contributed by atoms with Crippen LogP contribution in [0.4, 0.5) is 0 Å². The van der Waals surface area contributed by atoms with Crippen LogP contribution in [0.5, 0.6) is 0 Å². The zero-order valence-corrected chi connectivity index (χ0v) is 66.4. The summed E-state index contributed by atoms with van der Waals surface area (Å²) < 4.78 is 24.3. The number of benzene rings is 4. The van der Waals surface area contributed by atoms with Gasteiger partial charge in [0.05, 0.1) is 61.2 Å². The number of nitrogens with one attached hydrogen (secondary N) is 1. The number of likely N-dealkylation sites (tertiary alicyclic amines) is 3. The molecule has 4 aromatic carbocycles. The van der Waals surface area contributed by atoms with E-state index < -0.39 is 33.2 Å². The van der Waals surface area contributed by atoms with Gasteiger partial charge in [0.25, 0.3) is 0 Å². The smallest absolute Gasteiger partial charge is 0.236 e. The average molecular weight is 1560 g/mol. The summed E-state index contributed by atoms with van der Waals surface area (Å²) in [6, 6.07) is 55.2. The van der Waals surface area contributed by atoms with E-state index in [2.05, 4.69) is 73.1 Å². The Bertz CT molecular complexity index is 4730. The molecular weight excluding hydrogens is 1460 g/mol. The number of rotatable bonds is 11. The maximum atomic E-state index is 14.1. The molecular formula is C94H99ClN10O10. The zero-order valence-electron chi connectivity index (χ0n) is 65.7. The quantitative estimate of drug-likeness (QED) is 0.0940. The highest BCUT2D eigenvalue weighted by molar-refractivity contribution is 6.17. The van der Waals surface area contributed by atoms with Crippen molar-refractivity contribution >= 4 is 46.8 Å². The number of nitrogens with zero attached hydrogens (tertiary/aromatic N) is 9. The van der Waals surface area contributed by atoms with Crippen LogP contribution in [0.25, 0.3) is 9.69 Å². The second-order valence-electron chi connectivity index (χ2n) is 31.9. The molecule has 2 saturated carbocycles. The van der Waals surface area contributed by atoms with Crippen molar-refractivity contribution in [2.75, 3.05) is 52.6 Å². The highest BCUT2D eigenvalue weighted by Crippen LogP contribution is 2.59. The number of hydrogen-bond donors (Lipinski definition) is 1. The van der Waals surface area contributed by atoms with Gasteiger partial charge < -0.3 is 48.6 Å². The average Bonchev–Trinajstić information content (AvgIpc) is 1.69. The first kappa shape index (κ1) is 80.9. The first-order valence-corrected chi connectivity index (χ1v) is 40.8. The Morgan fingerprint density at radius 2 is 0.730 bits per heavy atom. The van der Waals surface area contributed by atoms with Crippen LogP contribution in [0.2, 0.25) is 0 Å². The lowest BCUT2D eigenvalue weighted by molar-refractivity contribution is -0.239. The molecule has 20 nitrogen and oxygen atoms in total. The fraction of sp³-hybridized carbons (Fsp3) is 0.404. The van der Waals surface area contributed by atoms with Crippen molar-refractivity contribution in [3.05, 3.63) is 310 Å². The van der Waals surface area contributed by atoms with Gasteiger partial charge in [-0.3, -0.25) is 39.1 Å². The van der Waals surface area contributed by atoms with Gasteiger partial charge in [-0.15, -0.1) is 11.6 Å². The predicted molar refractivity (Wildman–Crippen MR) is 434 cm³/mol. The summed E-state index contributed by atoms with van der Waals surface area (Å²) in [5, 5.41) is 3.10. The highest BCUT2D eigenvalue weighted by Gasteiger charge is 2.65. The molecule has 8 aromatic rings. The SMILES string of the molecule is C[C@H]1[C@@H]2CCN(Cc3ccncc3)C(=O)[C@@]2(c2ccccc2)CCC12OCCO2.C[C@H]1[C@@H]2CCNC(=O)[C@@]2(c2ccccc2)CCC12OCCO2.ClCc1ccncc1.[C-]#[N+]C1=C[C@@]2(c3ccccc3)C(=O)N(Cc3ccncc3)CC[C@@H]2[C@@H](C)C1=O.[C-]#[N+]C1=C[C@]2(c3ccccc3)C(=O)N(Cc3ccncc3)CC[C@H]2[C@H](C)C1=O. The Balaban J connectivity index is 0.000000123. The molecule has 6 saturated heterocycles. The van der Waals surface area contributed by atoms with Crippen molar-refractivity contribution in [1.82, 2.24) is 40.0 Å². The van der Waals surface area contributed by atoms with Crippen molar-refractivity contribution in [3.63, 3.8) is 0 Å². The highest BCUT2D eigenvalue weighted by atomic mass is 35.5. The number of amides is 4. The molecule has 4 aliphatic carbocycles. The summed E-state index contributed by atoms with van der Waals surface area (Å²) in [6.45, 7) is 30.0. The minimum atomic E-state index is -0.972. The van der Waals surface area contributed by atoms with Crippen molar-refractivity contribution < 1.29 is 47.7 Å². The van der Waals surface area contributed by atoms with Crippen LogP contribution < -0.4 is 5.32 Å². The van der Waals surface area contributed by atoms with E-state index in [1.165, 1.54) is 0 Å². The number of piperidine rings is 4. The van der Waals surface area contributed by atoms with E-state index in [1.54, 1.807) is 61.7 Å². The minimum absolute atomic E-state index is 0.0349. The van der Waals surface area contributed by atoms with Crippen molar-refractivity contribution in [2.45, 2.75) is 138 Å². The van der Waals surface area contributed by atoms with E-state index in [1.807, 2.05) is 174 Å². The van der Waals surface area contributed by atoms with Gasteiger partial charge in [-0.1, -0.05) is 161 Å². The molecule has 8 fully saturated rings. The van der Waals surface area contributed by atoms with Crippen LogP contribution in [0.3, 0.4) is 0 Å². The number of halogens is 1. The monoisotopic (exact) mass is 1560 g/mol. The van der Waals surface area contributed by atoms with Crippen LogP contribution in [0, 0.1) is 60.5 Å². The molecule has 1 N–H and O–H groups in total. The number of aromatic nitrogens is 4. The number of fused-ring (bicyclic) bond motifs is 4. The summed E-state index contributed by atoms with van der Waals surface area (Å²) in [5.41, 5.74) is 5.50. The molecule has 6 aliphatic heterocycles. The summed E-state index contributed by atoms with van der Waals surface area (Å²) in [5.74, 6) is -0.519. The van der Waals surface area contributed by atoms with Crippen molar-refractivity contribution in [3.8, 4) is 0 Å². The van der Waals surface area contributed by atoms with Crippen LogP contribution >= 0.6 is 11.6 Å². The Hall–Kier alpha value is -10.7. The van der Waals surface area contributed by atoms with Gasteiger partial charge in [0.1, 0.15) is 0 Å². The number of ketones is 2. The standard InChI is InChI=1S/C24H28N2O3.2C23H21N3O2.C18H23NO3.C6H6ClN/c1-18-21-9-14-26(17-19-7-12-25-13-8-19)22(27)23(21,20-5-3-2-4-6-20)10-11-24(18)28-15-16-29-24;2*1-16-19-10-13-26(15-17-8-11-25-12-9-17)22(28)23(19,14-20(24-2)21(16)27)18-6-4-3-5-7-18;1-13-15-7-10-19-16(20)17(15,14-5-3-2-4-6-14)8-9-18(13)21-11-12-22-18;7-5-6-1-3-8-4-2-6/h2-8,12-13,18,21H,9-11,14-17H2,1H3;2*3-9,11-12,14,16,19H,10,13,15H2,1H3;2-6,13,15H,7-12H2,1H3,(H,19,20);1-4H,5H2/t18-,21-,23+;2*16-,19-,23+;13-,15-,17+;/m0100./s1. The van der Waals surface area contributed by atoms with Gasteiger partial charge in [-0.25, -0.2) is 9.69 Å². The van der Waals surface area contributed by atoms with E-state index in [9.17, 15) is 28.8 Å². The van der Waals surface area contributed by atoms with Gasteiger partial charge in [0.2, 0.25) is 35.0 Å². The van der Waals surface area contributed by atoms with Gasteiger partial charge >= 0.3 is 0 Å². The van der Waals surface area contributed by atoms with Gasteiger partial charge in [-0.05, 0) is 155 Å². The number of allylic oxidation sites excluding steroid dienone is 2. The fourth-order valence-electron chi connectivity index (χ4n) is 20.6. The zero-order chi connectivity index (χ0) is 80.4. The maximum absolute atomic E-state index is 14.1. The van der Waals surface area contributed by atoms with Crippen LogP contribution in [-0.2, 0) is 94.9 Å². The first-order chi connectivity index (χ1) is 55.9. The first-order valence-electron chi connectivity index (χ1n) is 40.3. The molecule has 18 rings (SSSR count). The van der Waals surface area contributed by atoms with E-state index >= 15 is 0 Å². The molecule has 2 spiro atoms. The molecule has 10 heterocycles. The Morgan fingerprint density at radius 1 is 0.409 bits per heavy atom. The fourth-order valence-corrected chi connectivity index (χ4v) is 20.7. The number of carbonyl (C=O) groups excluding carboxylic acids is 6. The summed E-state index contributed by atoms with van der Waals surface area (Å²) in [6.07, 6.45) is 23.7. The number of carbonyl (C=O) groups is 6. The molecule has 21 heteroatoms. The number of alkyl halides is 1. The summed E-state index contributed by atoms with van der Waals surface area (Å²) in [4.78, 5) is 109. The topological polar surface area (TPSA) is 221 Å². The van der Waals surface area contributed by atoms with Crippen LogP contribution in [0.1, 0.15) is 124 Å². The number of pyridine rings is 4. The van der Waals surface area contributed by atoms with Gasteiger partial charge in [0.15, 0.2) is 23.1 Å². The largest absolute Gasteiger partial charge is 0.355 e. The molecule has 0 unspecified atom stereocenters. The molecule has 4 amide bonds. The Labute approximate surface area is 678 Å². The van der Waals surface area contributed by atoms with Gasteiger partial charge in [0, 0.05) is 138 Å². The van der Waals surface area contributed by atoms with Crippen LogP contribution in [-0.4, -0.2) is 134 Å². The second-order valence-corrected chi connectivity index (χ2v) is 32.2. The predicted octanol–water partition coefficient (Wildman–Crippen LogP) is 14.4. The lowest BCUT2D eigenvalue weighted by atomic mass is 9.54. The third-order valence-corrected chi connectivity index (χ3v) is 26.7. The molecule has 0 radical (unpaired) electrons. The van der Waals surface area contributed by atoms with Gasteiger partial charge in [-0.2, -0.15) is 0 Å². The molecule has 4 aromatic heterocycles. The molecule has 10 aliphatic rings. The van der Waals surface area contributed by atoms with Crippen molar-refractivity contribution in [1.29, 1.82) is 0 Å². The Kier molecular flexibility index (Phi) is 24.7. The third-order valence-electron chi connectivity index (χ3n) is 26.4. The maximum Gasteiger partial charge on any atom is 0.236 e. The van der Waals surface area contributed by atoms with E-state index in [0.717, 1.165) is 109 Å². The number of Topliss-reactive ketones (excluding diaryl/α,β-unsaturated/α-hetero) is 2. The molecule has 12 atom stereocenters. The Morgan fingerprint density at radius 3 is 1.09 bits per heavy atom. The summed E-state index contributed by atoms with van der Waals surface area (Å²) >= 11 is 5.50. The molecule has 592 valence electrons. The van der Waals surface area contributed by atoms with E-state index in [0.29, 0.717) is 65.0 Å². The molecule has 0 bridgehead atoms. The van der Waals surface area contributed by atoms with Crippen molar-refractivity contribution in [2.24, 2.45) is 47.3 Å². The minimum Gasteiger partial charge on any atom is -0.355 e. The lowest BCUT2D eigenvalue weighted by Gasteiger charge is -2.56. The summed E-state index contributed by atoms with van der Waals surface area (Å²) in [7, 11) is 0. The third kappa shape index (κ3) is 15.4. The lowest BCUT2D eigenvalue weighted by Crippen LogP contribution is -2.64. The molecule has 115 heavy (non-hydrogen) atoms. The van der Waals surface area contributed by atoms with Crippen LogP contribution in [0.15, 0.2) is 243 Å². The van der Waals surface area contributed by atoms with E-state index in [4.69, 9.17) is 43.7 Å². The van der Waals surface area contributed by atoms with E-state index in [-0.39, 0.29) is 93.9 Å². The second kappa shape index (κ2) is 35.2. The normalized spacial score (nSPS) is 28.7. The number of ether oxygens (including phenoxy) is 4. The number of hydrogen-bond acceptors (Lipinski definition) is 14.